The SMILES string of the molecule is CC(C)S(=O)(=O)NC1CCC(CNc2c(F)cc(F)cc2F)CC1. The molecule has 136 valence electrons. The van der Waals surface area contributed by atoms with Crippen LogP contribution in [-0.4, -0.2) is 26.3 Å². The van der Waals surface area contributed by atoms with Gasteiger partial charge in [-0.2, -0.15) is 0 Å². The van der Waals surface area contributed by atoms with Crippen LogP contribution in [0, 0.1) is 23.4 Å². The van der Waals surface area contributed by atoms with Gasteiger partial charge in [0, 0.05) is 24.7 Å². The minimum Gasteiger partial charge on any atom is -0.380 e. The van der Waals surface area contributed by atoms with Crippen molar-refractivity contribution in [3.63, 3.8) is 0 Å². The third-order valence-electron chi connectivity index (χ3n) is 4.37. The van der Waals surface area contributed by atoms with Crippen LogP contribution in [-0.2, 0) is 10.0 Å². The molecule has 1 aromatic carbocycles. The van der Waals surface area contributed by atoms with Crippen LogP contribution in [0.25, 0.3) is 0 Å². The van der Waals surface area contributed by atoms with Gasteiger partial charge in [-0.25, -0.2) is 26.3 Å². The second-order valence-electron chi connectivity index (χ2n) is 6.55. The summed E-state index contributed by atoms with van der Waals surface area (Å²) in [6, 6.07) is 1.19. The van der Waals surface area contributed by atoms with Gasteiger partial charge in [-0.3, -0.25) is 0 Å². The molecule has 1 aliphatic rings. The summed E-state index contributed by atoms with van der Waals surface area (Å²) in [5.74, 6) is -2.67. The van der Waals surface area contributed by atoms with Crippen molar-refractivity contribution in [1.29, 1.82) is 0 Å². The fourth-order valence-corrected chi connectivity index (χ4v) is 3.78. The monoisotopic (exact) mass is 364 g/mol. The summed E-state index contributed by atoms with van der Waals surface area (Å²) < 4.78 is 66.4. The number of benzene rings is 1. The van der Waals surface area contributed by atoms with Gasteiger partial charge in [-0.05, 0) is 45.4 Å². The predicted octanol–water partition coefficient (Wildman–Crippen LogP) is 3.40. The highest BCUT2D eigenvalue weighted by Crippen LogP contribution is 2.27. The van der Waals surface area contributed by atoms with Gasteiger partial charge in [0.15, 0.2) is 11.6 Å². The highest BCUT2D eigenvalue weighted by molar-refractivity contribution is 7.90. The second-order valence-corrected chi connectivity index (χ2v) is 8.82. The summed E-state index contributed by atoms with van der Waals surface area (Å²) in [5, 5.41) is 2.23. The number of hydrogen-bond donors (Lipinski definition) is 2. The minimum absolute atomic E-state index is 0.0899. The van der Waals surface area contributed by atoms with Gasteiger partial charge in [0.05, 0.1) is 5.25 Å². The summed E-state index contributed by atoms with van der Waals surface area (Å²) in [4.78, 5) is 0. The Balaban J connectivity index is 1.84. The van der Waals surface area contributed by atoms with Crippen molar-refractivity contribution in [2.24, 2.45) is 5.92 Å². The molecule has 0 amide bonds. The van der Waals surface area contributed by atoms with Crippen molar-refractivity contribution in [2.45, 2.75) is 50.8 Å². The molecule has 0 bridgehead atoms. The second kappa shape index (κ2) is 7.74. The van der Waals surface area contributed by atoms with E-state index in [-0.39, 0.29) is 17.6 Å². The lowest BCUT2D eigenvalue weighted by molar-refractivity contribution is 0.323. The lowest BCUT2D eigenvalue weighted by Crippen LogP contribution is -2.41. The minimum atomic E-state index is -3.29. The third kappa shape index (κ3) is 4.86. The summed E-state index contributed by atoms with van der Waals surface area (Å²) in [6.07, 6.45) is 2.88. The standard InChI is InChI=1S/C16H23F3N2O2S/c1-10(2)24(22,23)21-13-5-3-11(4-6-13)9-20-16-14(18)7-12(17)8-15(16)19/h7-8,10-11,13,20-21H,3-6,9H2,1-2H3. The van der Waals surface area contributed by atoms with Crippen LogP contribution >= 0.6 is 0 Å². The normalized spacial score (nSPS) is 21.9. The number of anilines is 1. The van der Waals surface area contributed by atoms with E-state index in [4.69, 9.17) is 0 Å². The summed E-state index contributed by atoms with van der Waals surface area (Å²) in [6.45, 7) is 3.62. The highest BCUT2D eigenvalue weighted by atomic mass is 32.2. The molecule has 2 rings (SSSR count). The fraction of sp³-hybridized carbons (Fsp3) is 0.625. The van der Waals surface area contributed by atoms with E-state index in [0.717, 1.165) is 12.8 Å². The largest absolute Gasteiger partial charge is 0.380 e. The first kappa shape index (κ1) is 19.1. The van der Waals surface area contributed by atoms with E-state index in [1.54, 1.807) is 13.8 Å². The zero-order chi connectivity index (χ0) is 17.9. The Bertz CT molecular complexity index is 649. The number of nitrogens with one attached hydrogen (secondary N) is 2. The predicted molar refractivity (Wildman–Crippen MR) is 87.7 cm³/mol. The molecule has 0 spiro atoms. The van der Waals surface area contributed by atoms with Crippen LogP contribution in [0.5, 0.6) is 0 Å². The molecule has 0 aliphatic heterocycles. The number of hydrogen-bond acceptors (Lipinski definition) is 3. The molecule has 0 aromatic heterocycles. The molecule has 1 aliphatic carbocycles. The molecule has 0 saturated heterocycles. The average molecular weight is 364 g/mol. The Hall–Kier alpha value is -1.28. The zero-order valence-corrected chi connectivity index (χ0v) is 14.6. The van der Waals surface area contributed by atoms with Crippen LogP contribution in [0.1, 0.15) is 39.5 Å². The van der Waals surface area contributed by atoms with Crippen LogP contribution in [0.4, 0.5) is 18.9 Å². The summed E-state index contributed by atoms with van der Waals surface area (Å²) in [5.41, 5.74) is -0.320. The van der Waals surface area contributed by atoms with E-state index >= 15 is 0 Å². The van der Waals surface area contributed by atoms with Gasteiger partial charge >= 0.3 is 0 Å². The molecule has 2 N–H and O–H groups in total. The maximum absolute atomic E-state index is 13.6. The molecule has 0 atom stereocenters. The molecule has 24 heavy (non-hydrogen) atoms. The molecule has 1 fully saturated rings. The van der Waals surface area contributed by atoms with E-state index < -0.39 is 32.7 Å². The van der Waals surface area contributed by atoms with E-state index in [9.17, 15) is 21.6 Å². The average Bonchev–Trinajstić information content (AvgIpc) is 2.47. The molecule has 4 nitrogen and oxygen atoms in total. The molecule has 0 heterocycles. The van der Waals surface area contributed by atoms with E-state index in [1.165, 1.54) is 0 Å². The number of halogens is 3. The maximum Gasteiger partial charge on any atom is 0.214 e. The van der Waals surface area contributed by atoms with Crippen molar-refractivity contribution in [3.8, 4) is 0 Å². The molecule has 0 unspecified atom stereocenters. The van der Waals surface area contributed by atoms with Gasteiger partial charge < -0.3 is 5.32 Å². The first-order chi connectivity index (χ1) is 11.2. The highest BCUT2D eigenvalue weighted by Gasteiger charge is 2.26. The van der Waals surface area contributed by atoms with Gasteiger partial charge in [-0.1, -0.05) is 0 Å². The first-order valence-electron chi connectivity index (χ1n) is 8.08. The molecule has 1 saturated carbocycles. The Morgan fingerprint density at radius 1 is 1.08 bits per heavy atom. The fourth-order valence-electron chi connectivity index (χ4n) is 2.81. The van der Waals surface area contributed by atoms with E-state index in [1.807, 2.05) is 0 Å². The number of sulfonamides is 1. The van der Waals surface area contributed by atoms with E-state index in [2.05, 4.69) is 10.0 Å². The summed E-state index contributed by atoms with van der Waals surface area (Å²) >= 11 is 0. The lowest BCUT2D eigenvalue weighted by atomic mass is 9.86. The molecule has 8 heteroatoms. The zero-order valence-electron chi connectivity index (χ0n) is 13.8. The Labute approximate surface area is 140 Å². The maximum atomic E-state index is 13.6. The van der Waals surface area contributed by atoms with Crippen LogP contribution in [0.3, 0.4) is 0 Å². The van der Waals surface area contributed by atoms with Crippen LogP contribution in [0.15, 0.2) is 12.1 Å². The molecular formula is C16H23F3N2O2S. The smallest absolute Gasteiger partial charge is 0.214 e. The summed E-state index contributed by atoms with van der Waals surface area (Å²) in [7, 11) is -3.29. The van der Waals surface area contributed by atoms with Gasteiger partial charge in [0.25, 0.3) is 0 Å². The third-order valence-corrected chi connectivity index (χ3v) is 6.28. The van der Waals surface area contributed by atoms with Crippen molar-refractivity contribution in [3.05, 3.63) is 29.6 Å². The van der Waals surface area contributed by atoms with Gasteiger partial charge in [0.2, 0.25) is 10.0 Å². The van der Waals surface area contributed by atoms with Crippen molar-refractivity contribution in [1.82, 2.24) is 4.72 Å². The quantitative estimate of drug-likeness (QED) is 0.813. The Kier molecular flexibility index (Phi) is 6.14. The lowest BCUT2D eigenvalue weighted by Gasteiger charge is -2.29. The molecule has 1 aromatic rings. The molecule has 0 radical (unpaired) electrons. The van der Waals surface area contributed by atoms with Crippen molar-refractivity contribution < 1.29 is 21.6 Å². The Morgan fingerprint density at radius 2 is 1.62 bits per heavy atom. The van der Waals surface area contributed by atoms with Crippen LogP contribution in [0.2, 0.25) is 0 Å². The Morgan fingerprint density at radius 3 is 2.12 bits per heavy atom. The van der Waals surface area contributed by atoms with Gasteiger partial charge in [-0.15, -0.1) is 0 Å². The van der Waals surface area contributed by atoms with Crippen molar-refractivity contribution >= 4 is 15.7 Å². The van der Waals surface area contributed by atoms with Gasteiger partial charge in [0.1, 0.15) is 11.5 Å². The van der Waals surface area contributed by atoms with Crippen molar-refractivity contribution in [2.75, 3.05) is 11.9 Å². The first-order valence-corrected chi connectivity index (χ1v) is 9.63. The topological polar surface area (TPSA) is 58.2 Å². The molecular weight excluding hydrogens is 341 g/mol. The van der Waals surface area contributed by atoms with E-state index in [0.29, 0.717) is 31.5 Å². The number of rotatable bonds is 6. The van der Waals surface area contributed by atoms with Crippen LogP contribution < -0.4 is 10.0 Å².